The van der Waals surface area contributed by atoms with Crippen molar-refractivity contribution in [3.05, 3.63) is 106 Å². The number of carbonyl (C=O) groups excluding carboxylic acids is 2. The summed E-state index contributed by atoms with van der Waals surface area (Å²) < 4.78 is 5.70. The van der Waals surface area contributed by atoms with Crippen LogP contribution in [0.25, 0.3) is 0 Å². The van der Waals surface area contributed by atoms with Crippen molar-refractivity contribution in [2.24, 2.45) is 0 Å². The number of hydrogen-bond acceptors (Lipinski definition) is 5. The highest BCUT2D eigenvalue weighted by Gasteiger charge is 2.19. The highest BCUT2D eigenvalue weighted by molar-refractivity contribution is 6.01. The molecule has 0 saturated carbocycles. The Kier molecular flexibility index (Phi) is 6.73. The molecule has 8 nitrogen and oxygen atoms in total. The number of nitro groups is 1. The van der Waals surface area contributed by atoms with Gasteiger partial charge in [-0.1, -0.05) is 48.5 Å². The zero-order chi connectivity index (χ0) is 21.3. The molecule has 152 valence electrons. The largest absolute Gasteiger partial charge is 0.493 e. The van der Waals surface area contributed by atoms with Crippen LogP contribution in [-0.2, 0) is 6.42 Å². The van der Waals surface area contributed by atoms with Gasteiger partial charge >= 0.3 is 0 Å². The molecule has 3 rings (SSSR count). The van der Waals surface area contributed by atoms with E-state index in [1.807, 2.05) is 30.3 Å². The first-order valence-corrected chi connectivity index (χ1v) is 9.15. The molecule has 30 heavy (non-hydrogen) atoms. The monoisotopic (exact) mass is 405 g/mol. The standard InChI is InChI=1S/C22H19N3O5/c26-21(23-24-22(27)19-11-4-5-12-20(19)25(28)29)17-9-6-10-18(15-17)30-14-13-16-7-2-1-3-8-16/h1-12,15H,13-14H2,(H,23,26)(H,24,27). The minimum Gasteiger partial charge on any atom is -0.493 e. The first-order valence-electron chi connectivity index (χ1n) is 9.15. The predicted molar refractivity (Wildman–Crippen MR) is 110 cm³/mol. The van der Waals surface area contributed by atoms with Crippen molar-refractivity contribution < 1.29 is 19.2 Å². The second-order valence-electron chi connectivity index (χ2n) is 6.29. The molecule has 2 amide bonds. The Morgan fingerprint density at radius 3 is 2.33 bits per heavy atom. The van der Waals surface area contributed by atoms with Crippen LogP contribution in [0.2, 0.25) is 0 Å². The first kappa shape index (κ1) is 20.5. The number of carbonyl (C=O) groups is 2. The third-order valence-corrected chi connectivity index (χ3v) is 4.23. The number of hydrazine groups is 1. The van der Waals surface area contributed by atoms with Gasteiger partial charge in [-0.15, -0.1) is 0 Å². The number of nitrogens with one attached hydrogen (secondary N) is 2. The van der Waals surface area contributed by atoms with E-state index in [2.05, 4.69) is 10.9 Å². The summed E-state index contributed by atoms with van der Waals surface area (Å²) in [4.78, 5) is 34.9. The second-order valence-corrected chi connectivity index (χ2v) is 6.29. The number of nitro benzene ring substituents is 1. The third-order valence-electron chi connectivity index (χ3n) is 4.23. The van der Waals surface area contributed by atoms with E-state index in [0.717, 1.165) is 12.0 Å². The van der Waals surface area contributed by atoms with E-state index in [1.165, 1.54) is 24.3 Å². The van der Waals surface area contributed by atoms with Crippen LogP contribution < -0.4 is 15.6 Å². The molecule has 0 spiro atoms. The normalized spacial score (nSPS) is 10.1. The van der Waals surface area contributed by atoms with Gasteiger partial charge in [0, 0.05) is 18.1 Å². The van der Waals surface area contributed by atoms with Gasteiger partial charge in [-0.25, -0.2) is 0 Å². The van der Waals surface area contributed by atoms with E-state index in [1.54, 1.807) is 24.3 Å². The molecule has 0 heterocycles. The third kappa shape index (κ3) is 5.41. The van der Waals surface area contributed by atoms with E-state index in [-0.39, 0.29) is 16.8 Å². The Labute approximate surface area is 172 Å². The van der Waals surface area contributed by atoms with Gasteiger partial charge in [0.05, 0.1) is 11.5 Å². The molecule has 3 aromatic carbocycles. The van der Waals surface area contributed by atoms with Crippen LogP contribution in [0.4, 0.5) is 5.69 Å². The summed E-state index contributed by atoms with van der Waals surface area (Å²) in [6, 6.07) is 21.9. The van der Waals surface area contributed by atoms with E-state index in [4.69, 9.17) is 4.74 Å². The first-order chi connectivity index (χ1) is 14.5. The van der Waals surface area contributed by atoms with Crippen molar-refractivity contribution in [1.82, 2.24) is 10.9 Å². The number of ether oxygens (including phenoxy) is 1. The molecular formula is C22H19N3O5. The van der Waals surface area contributed by atoms with Crippen LogP contribution in [0.3, 0.4) is 0 Å². The molecule has 0 aromatic heterocycles. The fourth-order valence-electron chi connectivity index (χ4n) is 2.74. The molecule has 0 aliphatic rings. The lowest BCUT2D eigenvalue weighted by Crippen LogP contribution is -2.41. The fraction of sp³-hybridized carbons (Fsp3) is 0.0909. The highest BCUT2D eigenvalue weighted by Crippen LogP contribution is 2.17. The van der Waals surface area contributed by atoms with Crippen molar-refractivity contribution in [2.45, 2.75) is 6.42 Å². The maximum Gasteiger partial charge on any atom is 0.282 e. The summed E-state index contributed by atoms with van der Waals surface area (Å²) in [5, 5.41) is 11.0. The SMILES string of the molecule is O=C(NNC(=O)c1ccccc1[N+](=O)[O-])c1cccc(OCCc2ccccc2)c1. The molecule has 3 aromatic rings. The summed E-state index contributed by atoms with van der Waals surface area (Å²) in [6.45, 7) is 0.448. The molecule has 8 heteroatoms. The maximum atomic E-state index is 12.3. The average Bonchev–Trinajstić information content (AvgIpc) is 2.78. The fourth-order valence-corrected chi connectivity index (χ4v) is 2.74. The predicted octanol–water partition coefficient (Wildman–Crippen LogP) is 3.29. The zero-order valence-electron chi connectivity index (χ0n) is 15.9. The molecule has 0 saturated heterocycles. The maximum absolute atomic E-state index is 12.3. The van der Waals surface area contributed by atoms with Crippen LogP contribution in [0.15, 0.2) is 78.9 Å². The Bertz CT molecular complexity index is 1050. The molecular weight excluding hydrogens is 386 g/mol. The van der Waals surface area contributed by atoms with Crippen molar-refractivity contribution in [3.8, 4) is 5.75 Å². The van der Waals surface area contributed by atoms with Gasteiger partial charge in [0.25, 0.3) is 17.5 Å². The molecule has 0 fully saturated rings. The van der Waals surface area contributed by atoms with Gasteiger partial charge in [0.15, 0.2) is 0 Å². The van der Waals surface area contributed by atoms with Crippen LogP contribution in [0.1, 0.15) is 26.3 Å². The Balaban J connectivity index is 1.56. The van der Waals surface area contributed by atoms with E-state index in [9.17, 15) is 19.7 Å². The smallest absolute Gasteiger partial charge is 0.282 e. The van der Waals surface area contributed by atoms with E-state index < -0.39 is 16.7 Å². The lowest BCUT2D eigenvalue weighted by Gasteiger charge is -2.10. The highest BCUT2D eigenvalue weighted by atomic mass is 16.6. The molecule has 0 bridgehead atoms. The zero-order valence-corrected chi connectivity index (χ0v) is 15.9. The van der Waals surface area contributed by atoms with Gasteiger partial charge < -0.3 is 4.74 Å². The van der Waals surface area contributed by atoms with Crippen LogP contribution in [-0.4, -0.2) is 23.3 Å². The van der Waals surface area contributed by atoms with Crippen molar-refractivity contribution in [2.75, 3.05) is 6.61 Å². The van der Waals surface area contributed by atoms with Gasteiger partial charge in [0.2, 0.25) is 0 Å². The lowest BCUT2D eigenvalue weighted by molar-refractivity contribution is -0.385. The average molecular weight is 405 g/mol. The molecule has 0 unspecified atom stereocenters. The minimum atomic E-state index is -0.786. The summed E-state index contributed by atoms with van der Waals surface area (Å²) in [5.74, 6) is -0.843. The Morgan fingerprint density at radius 1 is 0.867 bits per heavy atom. The summed E-state index contributed by atoms with van der Waals surface area (Å²) in [5.41, 5.74) is 5.36. The Morgan fingerprint density at radius 2 is 1.57 bits per heavy atom. The second kappa shape index (κ2) is 9.83. The number of rotatable bonds is 7. The van der Waals surface area contributed by atoms with Gasteiger partial charge in [-0.05, 0) is 29.8 Å². The number of benzene rings is 3. The summed E-state index contributed by atoms with van der Waals surface area (Å²) in [6.07, 6.45) is 0.725. The topological polar surface area (TPSA) is 111 Å². The van der Waals surface area contributed by atoms with E-state index >= 15 is 0 Å². The molecule has 0 aliphatic heterocycles. The van der Waals surface area contributed by atoms with Crippen molar-refractivity contribution in [3.63, 3.8) is 0 Å². The Hall–Kier alpha value is -4.20. The van der Waals surface area contributed by atoms with Crippen LogP contribution in [0, 0.1) is 10.1 Å². The van der Waals surface area contributed by atoms with Crippen molar-refractivity contribution >= 4 is 17.5 Å². The quantitative estimate of drug-likeness (QED) is 0.463. The van der Waals surface area contributed by atoms with Crippen molar-refractivity contribution in [1.29, 1.82) is 0 Å². The molecule has 0 radical (unpaired) electrons. The number of hydrogen-bond donors (Lipinski definition) is 2. The van der Waals surface area contributed by atoms with Crippen LogP contribution in [0.5, 0.6) is 5.75 Å². The van der Waals surface area contributed by atoms with Gasteiger partial charge in [-0.2, -0.15) is 0 Å². The minimum absolute atomic E-state index is 0.152. The van der Waals surface area contributed by atoms with Gasteiger partial charge in [0.1, 0.15) is 11.3 Å². The number of para-hydroxylation sites is 1. The summed E-state index contributed by atoms with van der Waals surface area (Å²) >= 11 is 0. The molecule has 0 aliphatic carbocycles. The number of amides is 2. The molecule has 0 atom stereocenters. The van der Waals surface area contributed by atoms with Crippen LogP contribution >= 0.6 is 0 Å². The number of nitrogens with zero attached hydrogens (tertiary/aromatic N) is 1. The molecule has 2 N–H and O–H groups in total. The van der Waals surface area contributed by atoms with E-state index in [0.29, 0.717) is 12.4 Å². The van der Waals surface area contributed by atoms with Gasteiger partial charge in [-0.3, -0.25) is 30.6 Å². The lowest BCUT2D eigenvalue weighted by atomic mass is 10.1. The summed E-state index contributed by atoms with van der Waals surface area (Å²) in [7, 11) is 0.